The fraction of sp³-hybridized carbons (Fsp3) is 0.561. The van der Waals surface area contributed by atoms with Crippen molar-refractivity contribution in [2.45, 2.75) is 110 Å². The number of aliphatic hydroxyl groups excluding tert-OH is 2. The van der Waals surface area contributed by atoms with Crippen molar-refractivity contribution in [3.63, 3.8) is 0 Å². The zero-order chi connectivity index (χ0) is 44.2. The third kappa shape index (κ3) is 17.8. The molecule has 3 aliphatic carbocycles. The van der Waals surface area contributed by atoms with Crippen molar-refractivity contribution in [1.82, 2.24) is 0 Å². The van der Waals surface area contributed by atoms with Crippen LogP contribution in [0, 0.1) is 37.0 Å². The van der Waals surface area contributed by atoms with E-state index >= 15 is 0 Å². The minimum Gasteiger partial charge on any atom is -0.857 e. The predicted octanol–water partition coefficient (Wildman–Crippen LogP) is 3.10. The number of carbonyl (C=O) groups excluding carboxylic acids is 6. The first kappa shape index (κ1) is 60.7. The second-order valence-electron chi connectivity index (χ2n) is 15.0. The summed E-state index contributed by atoms with van der Waals surface area (Å²) in [5, 5.41) is 24.4. The molecule has 2 N–H and O–H groups in total. The molecule has 0 aromatic heterocycles. The zero-order valence-corrected chi connectivity index (χ0v) is 39.5. The summed E-state index contributed by atoms with van der Waals surface area (Å²) >= 11 is 0. The summed E-state index contributed by atoms with van der Waals surface area (Å²) in [5.74, 6) is 0.0788. The van der Waals surface area contributed by atoms with Gasteiger partial charge in [0.25, 0.3) is 0 Å². The van der Waals surface area contributed by atoms with E-state index < -0.39 is 25.3 Å². The Kier molecular flexibility index (Phi) is 26.4. The quantitative estimate of drug-likeness (QED) is 0.331. The van der Waals surface area contributed by atoms with Crippen LogP contribution in [0.4, 0.5) is 0 Å². The second kappa shape index (κ2) is 24.8. The Hall–Kier alpha value is -2.98. The summed E-state index contributed by atoms with van der Waals surface area (Å²) in [5.41, 5.74) is 2.31. The number of halogens is 1. The van der Waals surface area contributed by atoms with Crippen LogP contribution in [0.5, 0.6) is 5.75 Å². The minimum atomic E-state index is -3.19. The van der Waals surface area contributed by atoms with E-state index in [1.165, 1.54) is 14.0 Å². The molecule has 16 heteroatoms. The molecule has 0 saturated carbocycles. The summed E-state index contributed by atoms with van der Waals surface area (Å²) in [4.78, 5) is 70.3. The first-order valence-corrected chi connectivity index (χ1v) is 19.7. The van der Waals surface area contributed by atoms with Gasteiger partial charge in [-0.05, 0) is 52.7 Å². The van der Waals surface area contributed by atoms with Gasteiger partial charge in [-0.15, -0.1) is 0 Å². The molecule has 0 unspecified atom stereocenters. The standard InChI is InChI=1S/C18H22O3.C10H14O3.C9H12O3.CH3ClO2S.CH4O.CH3O.CH4.Na/c1-10-7-11(2)15(12(3)8-10)21-16-13(4)17(20)18(5,6)9-14(16)19;1-6-8(13-4)7(11)5-10(2,3)9(6)12;1-5-7(11)6(10)4-9(2,3)8(5)12;1-5(2,3)4;2*1-2;;/h7-8H,9H2,1-6H3;5H2,1-4H3;11H,4H2,1-3H3;1H3;2H,1H3;1H3;1H4;/q;;;;;-1;;+1. The molecule has 57 heavy (non-hydrogen) atoms. The minimum absolute atomic E-state index is 0. The summed E-state index contributed by atoms with van der Waals surface area (Å²) in [7, 11) is 4.48. The van der Waals surface area contributed by atoms with Crippen LogP contribution in [-0.2, 0) is 42.6 Å². The van der Waals surface area contributed by atoms with Crippen LogP contribution in [0.1, 0.15) is 106 Å². The van der Waals surface area contributed by atoms with Crippen molar-refractivity contribution < 1.29 is 91.5 Å². The molecule has 0 spiro atoms. The Morgan fingerprint density at radius 2 is 0.930 bits per heavy atom. The molecule has 13 nitrogen and oxygen atoms in total. The number of rotatable bonds is 3. The van der Waals surface area contributed by atoms with E-state index in [4.69, 9.17) is 24.8 Å². The average molecular weight is 853 g/mol. The number of aryl methyl sites for hydroxylation is 3. The molecule has 4 rings (SSSR count). The van der Waals surface area contributed by atoms with Gasteiger partial charge in [-0.2, -0.15) is 7.11 Å². The van der Waals surface area contributed by atoms with Gasteiger partial charge < -0.3 is 24.8 Å². The van der Waals surface area contributed by atoms with Gasteiger partial charge in [0.05, 0.1) is 13.4 Å². The molecule has 3 aliphatic rings. The maximum Gasteiger partial charge on any atom is 1.00 e. The number of aliphatic hydroxyl groups is 2. The average Bonchev–Trinajstić information content (AvgIpc) is 3.05. The van der Waals surface area contributed by atoms with Crippen molar-refractivity contribution >= 4 is 54.4 Å². The number of hydrogen-bond acceptors (Lipinski definition) is 13. The van der Waals surface area contributed by atoms with Crippen molar-refractivity contribution in [2.75, 3.05) is 27.6 Å². The topological polar surface area (TPSA) is 219 Å². The maximum atomic E-state index is 12.3. The molecule has 0 fully saturated rings. The van der Waals surface area contributed by atoms with Crippen LogP contribution < -0.4 is 39.4 Å². The number of ether oxygens (including phenoxy) is 2. The zero-order valence-electron chi connectivity index (χ0n) is 35.9. The SMILES string of the molecule is C.CC1=C(O)C(=O)CC(C)(C)C1=O.CC1=C(Oc2c(C)cc(C)cc2C)C(=O)CC(C)(C)C1=O.CO.COC1=C(C)C(=O)C(C)(C)CC1=O.CS(=O)(=O)Cl.C[O-].[Na+]. The largest absolute Gasteiger partial charge is 1.00 e. The number of ketones is 6. The Labute approximate surface area is 366 Å². The second-order valence-corrected chi connectivity index (χ2v) is 18.1. The van der Waals surface area contributed by atoms with Crippen LogP contribution in [0.15, 0.2) is 46.1 Å². The van der Waals surface area contributed by atoms with Gasteiger partial charge in [-0.25, -0.2) is 8.42 Å². The van der Waals surface area contributed by atoms with Gasteiger partial charge in [0.1, 0.15) is 5.75 Å². The number of hydrogen-bond donors (Lipinski definition) is 2. The van der Waals surface area contributed by atoms with Crippen LogP contribution in [0.2, 0.25) is 0 Å². The molecular weight excluding hydrogens is 791 g/mol. The summed E-state index contributed by atoms with van der Waals surface area (Å²) in [6, 6.07) is 4.02. The third-order valence-electron chi connectivity index (χ3n) is 8.49. The number of allylic oxidation sites excluding steroid dienone is 6. The predicted molar refractivity (Wildman–Crippen MR) is 216 cm³/mol. The summed E-state index contributed by atoms with van der Waals surface area (Å²) in [6.07, 6.45) is 1.47. The van der Waals surface area contributed by atoms with E-state index in [0.29, 0.717) is 16.9 Å². The van der Waals surface area contributed by atoms with E-state index in [1.807, 2.05) is 32.9 Å². The normalized spacial score (nSPS) is 17.9. The Morgan fingerprint density at radius 1 is 0.649 bits per heavy atom. The van der Waals surface area contributed by atoms with Crippen molar-refractivity contribution in [2.24, 2.45) is 16.2 Å². The number of Topliss-reactive ketones (excluding diaryl/α,β-unsaturated/α-hetero) is 6. The molecule has 0 bridgehead atoms. The van der Waals surface area contributed by atoms with Gasteiger partial charge in [0.2, 0.25) is 9.05 Å². The summed E-state index contributed by atoms with van der Waals surface area (Å²) in [6.45, 7) is 21.3. The van der Waals surface area contributed by atoms with Gasteiger partial charge in [0.15, 0.2) is 52.0 Å². The first-order chi connectivity index (χ1) is 24.9. The van der Waals surface area contributed by atoms with Crippen molar-refractivity contribution in [3.05, 3.63) is 62.8 Å². The molecule has 1 aromatic carbocycles. The van der Waals surface area contributed by atoms with E-state index in [0.717, 1.165) is 37.2 Å². The first-order valence-electron chi connectivity index (χ1n) is 17.0. The molecule has 318 valence electrons. The van der Waals surface area contributed by atoms with Gasteiger partial charge >= 0.3 is 29.6 Å². The number of carbonyl (C=O) groups is 6. The van der Waals surface area contributed by atoms with Gasteiger partial charge in [0, 0.05) is 70.0 Å². The molecule has 0 aliphatic heterocycles. The molecule has 1 aromatic rings. The van der Waals surface area contributed by atoms with E-state index in [2.05, 4.69) is 10.7 Å². The maximum absolute atomic E-state index is 12.3. The molecule has 0 amide bonds. The van der Waals surface area contributed by atoms with E-state index in [9.17, 15) is 37.2 Å². The Bertz CT molecular complexity index is 1830. The van der Waals surface area contributed by atoms with Crippen LogP contribution in [0.25, 0.3) is 0 Å². The van der Waals surface area contributed by atoms with Gasteiger partial charge in [-0.3, -0.25) is 28.8 Å². The number of methoxy groups -OCH3 is 1. The molecule has 0 saturated heterocycles. The van der Waals surface area contributed by atoms with E-state index in [1.54, 1.807) is 55.4 Å². The van der Waals surface area contributed by atoms with Crippen molar-refractivity contribution in [3.8, 4) is 5.75 Å². The van der Waals surface area contributed by atoms with E-state index in [-0.39, 0.29) is 114 Å². The van der Waals surface area contributed by atoms with Crippen molar-refractivity contribution in [1.29, 1.82) is 0 Å². The van der Waals surface area contributed by atoms with Gasteiger partial charge in [-0.1, -0.05) is 66.7 Å². The van der Waals surface area contributed by atoms with Crippen LogP contribution >= 0.6 is 10.7 Å². The van der Waals surface area contributed by atoms with Crippen LogP contribution in [0.3, 0.4) is 0 Å². The Morgan fingerprint density at radius 3 is 1.26 bits per heavy atom. The fourth-order valence-corrected chi connectivity index (χ4v) is 5.98. The molecule has 0 radical (unpaired) electrons. The number of benzene rings is 1. The molecule has 0 heterocycles. The Balaban J connectivity index is -0.000000341. The summed E-state index contributed by atoms with van der Waals surface area (Å²) < 4.78 is 29.6. The molecule has 0 atom stereocenters. The molecular formula is C41H62ClNaO13S. The smallest absolute Gasteiger partial charge is 0.857 e. The van der Waals surface area contributed by atoms with Crippen LogP contribution in [-0.4, -0.2) is 80.9 Å². The monoisotopic (exact) mass is 852 g/mol. The third-order valence-corrected chi connectivity index (χ3v) is 8.49. The fourth-order valence-electron chi connectivity index (χ4n) is 5.98.